The SMILES string of the molecule is COc1cc(C)c(CC2CC(N)C2)c(OC)c1. The van der Waals surface area contributed by atoms with E-state index in [4.69, 9.17) is 15.2 Å². The van der Waals surface area contributed by atoms with Gasteiger partial charge in [-0.05, 0) is 49.3 Å². The quantitative estimate of drug-likeness (QED) is 0.871. The molecule has 0 saturated heterocycles. The second-order valence-corrected chi connectivity index (χ2v) is 4.93. The van der Waals surface area contributed by atoms with Crippen LogP contribution >= 0.6 is 0 Å². The van der Waals surface area contributed by atoms with Crippen molar-refractivity contribution in [2.24, 2.45) is 11.7 Å². The molecule has 3 nitrogen and oxygen atoms in total. The van der Waals surface area contributed by atoms with E-state index < -0.39 is 0 Å². The van der Waals surface area contributed by atoms with E-state index in [-0.39, 0.29) is 0 Å². The highest BCUT2D eigenvalue weighted by Crippen LogP contribution is 2.35. The molecule has 0 heterocycles. The topological polar surface area (TPSA) is 44.5 Å². The molecular formula is C14H21NO2. The molecule has 1 aromatic rings. The number of rotatable bonds is 4. The van der Waals surface area contributed by atoms with Crippen LogP contribution in [0.4, 0.5) is 0 Å². The van der Waals surface area contributed by atoms with E-state index in [1.165, 1.54) is 11.1 Å². The molecule has 0 unspecified atom stereocenters. The van der Waals surface area contributed by atoms with Crippen LogP contribution in [0.3, 0.4) is 0 Å². The van der Waals surface area contributed by atoms with Gasteiger partial charge in [0.15, 0.2) is 0 Å². The van der Waals surface area contributed by atoms with E-state index in [0.29, 0.717) is 12.0 Å². The predicted octanol–water partition coefficient (Wildman–Crippen LogP) is 2.29. The summed E-state index contributed by atoms with van der Waals surface area (Å²) in [6.07, 6.45) is 3.33. The zero-order valence-corrected chi connectivity index (χ0v) is 10.8. The molecule has 3 heteroatoms. The Morgan fingerprint density at radius 1 is 1.24 bits per heavy atom. The fourth-order valence-electron chi connectivity index (χ4n) is 2.56. The van der Waals surface area contributed by atoms with Crippen LogP contribution in [-0.4, -0.2) is 20.3 Å². The maximum atomic E-state index is 5.83. The molecular weight excluding hydrogens is 214 g/mol. The highest BCUT2D eigenvalue weighted by molar-refractivity contribution is 5.46. The molecule has 0 aromatic heterocycles. The molecule has 0 bridgehead atoms. The van der Waals surface area contributed by atoms with Crippen molar-refractivity contribution in [3.8, 4) is 11.5 Å². The Bertz CT molecular complexity index is 397. The summed E-state index contributed by atoms with van der Waals surface area (Å²) in [6, 6.07) is 4.43. The van der Waals surface area contributed by atoms with Crippen molar-refractivity contribution < 1.29 is 9.47 Å². The Hall–Kier alpha value is -1.22. The number of aryl methyl sites for hydroxylation is 1. The molecule has 2 N–H and O–H groups in total. The maximum Gasteiger partial charge on any atom is 0.126 e. The van der Waals surface area contributed by atoms with Gasteiger partial charge in [-0.3, -0.25) is 0 Å². The number of nitrogens with two attached hydrogens (primary N) is 1. The van der Waals surface area contributed by atoms with Gasteiger partial charge >= 0.3 is 0 Å². The lowest BCUT2D eigenvalue weighted by atomic mass is 9.76. The number of benzene rings is 1. The molecule has 1 aromatic carbocycles. The third-order valence-corrected chi connectivity index (χ3v) is 3.63. The Kier molecular flexibility index (Phi) is 3.57. The van der Waals surface area contributed by atoms with Gasteiger partial charge in [0.2, 0.25) is 0 Å². The number of ether oxygens (including phenoxy) is 2. The molecule has 1 aliphatic rings. The molecule has 0 atom stereocenters. The molecule has 2 rings (SSSR count). The molecule has 1 aliphatic carbocycles. The fraction of sp³-hybridized carbons (Fsp3) is 0.571. The molecule has 17 heavy (non-hydrogen) atoms. The lowest BCUT2D eigenvalue weighted by Crippen LogP contribution is -2.37. The number of hydrogen-bond acceptors (Lipinski definition) is 3. The van der Waals surface area contributed by atoms with Crippen molar-refractivity contribution >= 4 is 0 Å². The number of methoxy groups -OCH3 is 2. The van der Waals surface area contributed by atoms with Crippen LogP contribution in [0.2, 0.25) is 0 Å². The van der Waals surface area contributed by atoms with Crippen LogP contribution in [0, 0.1) is 12.8 Å². The average molecular weight is 235 g/mol. The highest BCUT2D eigenvalue weighted by Gasteiger charge is 2.27. The average Bonchev–Trinajstić information content (AvgIpc) is 2.28. The van der Waals surface area contributed by atoms with Crippen molar-refractivity contribution in [3.63, 3.8) is 0 Å². The summed E-state index contributed by atoms with van der Waals surface area (Å²) in [5, 5.41) is 0. The van der Waals surface area contributed by atoms with Gasteiger partial charge in [-0.15, -0.1) is 0 Å². The standard InChI is InChI=1S/C14H21NO2/c1-9-4-12(16-2)8-14(17-3)13(9)7-10-5-11(15)6-10/h4,8,10-11H,5-7,15H2,1-3H3. The summed E-state index contributed by atoms with van der Waals surface area (Å²) in [6.45, 7) is 2.11. The fourth-order valence-corrected chi connectivity index (χ4v) is 2.56. The Morgan fingerprint density at radius 2 is 1.94 bits per heavy atom. The van der Waals surface area contributed by atoms with Gasteiger partial charge in [-0.2, -0.15) is 0 Å². The van der Waals surface area contributed by atoms with Gasteiger partial charge in [-0.25, -0.2) is 0 Å². The summed E-state index contributed by atoms with van der Waals surface area (Å²) in [4.78, 5) is 0. The minimum Gasteiger partial charge on any atom is -0.497 e. The van der Waals surface area contributed by atoms with Crippen LogP contribution in [0.15, 0.2) is 12.1 Å². The second kappa shape index (κ2) is 4.96. The molecule has 0 amide bonds. The summed E-state index contributed by atoms with van der Waals surface area (Å²) < 4.78 is 10.7. The van der Waals surface area contributed by atoms with Crippen LogP contribution in [0.25, 0.3) is 0 Å². The van der Waals surface area contributed by atoms with E-state index in [1.54, 1.807) is 14.2 Å². The molecule has 1 fully saturated rings. The predicted molar refractivity (Wildman–Crippen MR) is 68.7 cm³/mol. The van der Waals surface area contributed by atoms with E-state index in [2.05, 4.69) is 13.0 Å². The lowest BCUT2D eigenvalue weighted by molar-refractivity contribution is 0.261. The summed E-state index contributed by atoms with van der Waals surface area (Å²) in [7, 11) is 3.39. The van der Waals surface area contributed by atoms with Gasteiger partial charge in [0.05, 0.1) is 14.2 Å². The third-order valence-electron chi connectivity index (χ3n) is 3.63. The first-order chi connectivity index (χ1) is 8.13. The minimum absolute atomic E-state index is 0.407. The van der Waals surface area contributed by atoms with E-state index in [1.807, 2.05) is 6.07 Å². The van der Waals surface area contributed by atoms with Crippen molar-refractivity contribution in [1.29, 1.82) is 0 Å². The normalized spacial score (nSPS) is 23.1. The number of hydrogen-bond donors (Lipinski definition) is 1. The molecule has 94 valence electrons. The minimum atomic E-state index is 0.407. The first-order valence-electron chi connectivity index (χ1n) is 6.11. The van der Waals surface area contributed by atoms with Gasteiger partial charge in [-0.1, -0.05) is 0 Å². The smallest absolute Gasteiger partial charge is 0.126 e. The second-order valence-electron chi connectivity index (χ2n) is 4.93. The largest absolute Gasteiger partial charge is 0.497 e. The van der Waals surface area contributed by atoms with Crippen LogP contribution in [0.5, 0.6) is 11.5 Å². The molecule has 0 aliphatic heterocycles. The highest BCUT2D eigenvalue weighted by atomic mass is 16.5. The van der Waals surface area contributed by atoms with Crippen LogP contribution < -0.4 is 15.2 Å². The Morgan fingerprint density at radius 3 is 2.47 bits per heavy atom. The van der Waals surface area contributed by atoms with Crippen LogP contribution in [-0.2, 0) is 6.42 Å². The lowest BCUT2D eigenvalue weighted by Gasteiger charge is -2.33. The maximum absolute atomic E-state index is 5.83. The van der Waals surface area contributed by atoms with Gasteiger partial charge in [0.25, 0.3) is 0 Å². The van der Waals surface area contributed by atoms with Crippen molar-refractivity contribution in [2.75, 3.05) is 14.2 Å². The van der Waals surface area contributed by atoms with E-state index in [9.17, 15) is 0 Å². The van der Waals surface area contributed by atoms with E-state index in [0.717, 1.165) is 30.8 Å². The van der Waals surface area contributed by atoms with Crippen molar-refractivity contribution in [1.82, 2.24) is 0 Å². The molecule has 0 spiro atoms. The summed E-state index contributed by atoms with van der Waals surface area (Å²) >= 11 is 0. The summed E-state index contributed by atoms with van der Waals surface area (Å²) in [5.41, 5.74) is 8.36. The Labute approximate surface area is 103 Å². The zero-order chi connectivity index (χ0) is 12.4. The first-order valence-corrected chi connectivity index (χ1v) is 6.11. The molecule has 1 saturated carbocycles. The van der Waals surface area contributed by atoms with Gasteiger partial charge < -0.3 is 15.2 Å². The van der Waals surface area contributed by atoms with Crippen LogP contribution in [0.1, 0.15) is 24.0 Å². The van der Waals surface area contributed by atoms with Crippen molar-refractivity contribution in [3.05, 3.63) is 23.3 Å². The zero-order valence-electron chi connectivity index (χ0n) is 10.8. The van der Waals surface area contributed by atoms with E-state index >= 15 is 0 Å². The van der Waals surface area contributed by atoms with Gasteiger partial charge in [0.1, 0.15) is 11.5 Å². The first kappa shape index (κ1) is 12.2. The monoisotopic (exact) mass is 235 g/mol. The van der Waals surface area contributed by atoms with Gasteiger partial charge in [0, 0.05) is 12.1 Å². The van der Waals surface area contributed by atoms with Crippen molar-refractivity contribution in [2.45, 2.75) is 32.2 Å². The Balaban J connectivity index is 2.19. The molecule has 0 radical (unpaired) electrons. The summed E-state index contributed by atoms with van der Waals surface area (Å²) in [5.74, 6) is 2.50. The third kappa shape index (κ3) is 2.55.